The Morgan fingerprint density at radius 1 is 1.27 bits per heavy atom. The summed E-state index contributed by atoms with van der Waals surface area (Å²) in [4.78, 5) is 0. The molecule has 0 aromatic heterocycles. The summed E-state index contributed by atoms with van der Waals surface area (Å²) in [6, 6.07) is 6.93. The lowest BCUT2D eigenvalue weighted by atomic mass is 9.80. The largest absolute Gasteiger partial charge is 0.488 e. The maximum Gasteiger partial charge on any atom is 0.488 e. The predicted octanol–water partition coefficient (Wildman–Crippen LogP) is -0.484. The van der Waals surface area contributed by atoms with E-state index in [1.54, 1.807) is 24.3 Å². The van der Waals surface area contributed by atoms with E-state index in [-0.39, 0.29) is 5.54 Å². The van der Waals surface area contributed by atoms with E-state index >= 15 is 0 Å². The minimum Gasteiger partial charge on any atom is -0.423 e. The zero-order valence-corrected chi connectivity index (χ0v) is 9.07. The van der Waals surface area contributed by atoms with Crippen LogP contribution in [0.1, 0.15) is 13.8 Å². The minimum atomic E-state index is -1.42. The zero-order valence-electron chi connectivity index (χ0n) is 9.07. The van der Waals surface area contributed by atoms with Gasteiger partial charge in [-0.1, -0.05) is 12.1 Å². The maximum atomic E-state index is 8.91. The topological polar surface area (TPSA) is 78.5 Å². The summed E-state index contributed by atoms with van der Waals surface area (Å²) in [6.07, 6.45) is 0. The van der Waals surface area contributed by atoms with Gasteiger partial charge in [-0.15, -0.1) is 0 Å². The third kappa shape index (κ3) is 3.55. The van der Waals surface area contributed by atoms with E-state index in [2.05, 4.69) is 5.32 Å². The number of nitrogens with one attached hydrogen (secondary N) is 1. The highest BCUT2D eigenvalue weighted by Gasteiger charge is 2.15. The fraction of sp³-hybridized carbons (Fsp3) is 0.400. The van der Waals surface area contributed by atoms with Gasteiger partial charge in [-0.2, -0.15) is 0 Å². The summed E-state index contributed by atoms with van der Waals surface area (Å²) in [7, 11) is -1.42. The van der Waals surface area contributed by atoms with Gasteiger partial charge in [0.1, 0.15) is 0 Å². The number of hydrogen-bond donors (Lipinski definition) is 4. The summed E-state index contributed by atoms with van der Waals surface area (Å²) in [5.41, 5.74) is 6.81. The third-order valence-electron chi connectivity index (χ3n) is 2.20. The van der Waals surface area contributed by atoms with Crippen LogP contribution in [0.25, 0.3) is 0 Å². The molecular weight excluding hydrogens is 191 g/mol. The Morgan fingerprint density at radius 2 is 1.80 bits per heavy atom. The van der Waals surface area contributed by atoms with Crippen molar-refractivity contribution in [2.45, 2.75) is 19.4 Å². The molecule has 0 unspecified atom stereocenters. The molecule has 4 nitrogen and oxygen atoms in total. The molecule has 1 rings (SSSR count). The fourth-order valence-corrected chi connectivity index (χ4v) is 1.18. The van der Waals surface area contributed by atoms with Crippen LogP contribution < -0.4 is 16.5 Å². The zero-order chi connectivity index (χ0) is 11.5. The van der Waals surface area contributed by atoms with Gasteiger partial charge in [-0.25, -0.2) is 0 Å². The highest BCUT2D eigenvalue weighted by molar-refractivity contribution is 6.58. The lowest BCUT2D eigenvalue weighted by Crippen LogP contribution is -2.39. The second-order valence-corrected chi connectivity index (χ2v) is 4.21. The second-order valence-electron chi connectivity index (χ2n) is 4.21. The van der Waals surface area contributed by atoms with Gasteiger partial charge < -0.3 is 21.1 Å². The Hall–Kier alpha value is -1.04. The van der Waals surface area contributed by atoms with Crippen molar-refractivity contribution in [2.75, 3.05) is 11.9 Å². The van der Waals surface area contributed by atoms with Gasteiger partial charge in [-0.05, 0) is 31.4 Å². The molecule has 0 saturated heterocycles. The highest BCUT2D eigenvalue weighted by atomic mass is 16.4. The van der Waals surface area contributed by atoms with E-state index in [0.717, 1.165) is 5.69 Å². The van der Waals surface area contributed by atoms with Crippen LogP contribution in [-0.4, -0.2) is 29.3 Å². The van der Waals surface area contributed by atoms with E-state index in [4.69, 9.17) is 15.8 Å². The Balaban J connectivity index is 2.73. The first-order valence-corrected chi connectivity index (χ1v) is 4.89. The Labute approximate surface area is 90.3 Å². The third-order valence-corrected chi connectivity index (χ3v) is 2.20. The summed E-state index contributed by atoms with van der Waals surface area (Å²) in [5, 5.41) is 21.1. The van der Waals surface area contributed by atoms with Crippen molar-refractivity contribution in [3.05, 3.63) is 24.3 Å². The number of rotatable bonds is 4. The van der Waals surface area contributed by atoms with E-state index in [1.807, 2.05) is 13.8 Å². The number of benzene rings is 1. The highest BCUT2D eigenvalue weighted by Crippen LogP contribution is 2.12. The van der Waals surface area contributed by atoms with Crippen LogP contribution in [0.3, 0.4) is 0 Å². The van der Waals surface area contributed by atoms with Gasteiger partial charge in [0.15, 0.2) is 0 Å². The Kier molecular flexibility index (Phi) is 3.74. The molecule has 0 aliphatic heterocycles. The fourth-order valence-electron chi connectivity index (χ4n) is 1.18. The van der Waals surface area contributed by atoms with Crippen molar-refractivity contribution >= 4 is 18.3 Å². The molecule has 0 aliphatic carbocycles. The van der Waals surface area contributed by atoms with Crippen LogP contribution >= 0.6 is 0 Å². The molecule has 1 aromatic carbocycles. The smallest absolute Gasteiger partial charge is 0.423 e. The van der Waals surface area contributed by atoms with Gasteiger partial charge >= 0.3 is 7.12 Å². The summed E-state index contributed by atoms with van der Waals surface area (Å²) in [6.45, 7) is 4.53. The van der Waals surface area contributed by atoms with Crippen LogP contribution in [0, 0.1) is 0 Å². The van der Waals surface area contributed by atoms with Crippen molar-refractivity contribution in [1.82, 2.24) is 0 Å². The number of anilines is 1. The quantitative estimate of drug-likeness (QED) is 0.504. The molecule has 5 N–H and O–H groups in total. The van der Waals surface area contributed by atoms with Gasteiger partial charge in [0.25, 0.3) is 0 Å². The molecule has 5 heteroatoms. The normalized spacial score (nSPS) is 11.3. The number of nitrogens with two attached hydrogens (primary N) is 1. The van der Waals surface area contributed by atoms with E-state index in [0.29, 0.717) is 12.0 Å². The summed E-state index contributed by atoms with van der Waals surface area (Å²) < 4.78 is 0. The first-order valence-electron chi connectivity index (χ1n) is 4.89. The summed E-state index contributed by atoms with van der Waals surface area (Å²) >= 11 is 0. The molecule has 82 valence electrons. The summed E-state index contributed by atoms with van der Waals surface area (Å²) in [5.74, 6) is 0. The maximum absolute atomic E-state index is 8.91. The lowest BCUT2D eigenvalue weighted by Gasteiger charge is -2.25. The molecule has 1 aromatic rings. The van der Waals surface area contributed by atoms with Gasteiger partial charge in [0.05, 0.1) is 0 Å². The Bertz CT molecular complexity index is 312. The average molecular weight is 208 g/mol. The van der Waals surface area contributed by atoms with E-state index < -0.39 is 7.12 Å². The average Bonchev–Trinajstić information content (AvgIpc) is 2.18. The van der Waals surface area contributed by atoms with Crippen LogP contribution in [0.5, 0.6) is 0 Å². The van der Waals surface area contributed by atoms with Crippen molar-refractivity contribution in [1.29, 1.82) is 0 Å². The molecule has 0 radical (unpaired) electrons. The van der Waals surface area contributed by atoms with Crippen molar-refractivity contribution in [2.24, 2.45) is 5.73 Å². The molecule has 0 amide bonds. The predicted molar refractivity (Wildman–Crippen MR) is 63.0 cm³/mol. The van der Waals surface area contributed by atoms with Crippen molar-refractivity contribution < 1.29 is 10.0 Å². The molecule has 0 saturated carbocycles. The molecule has 0 bridgehead atoms. The molecule has 0 heterocycles. The monoisotopic (exact) mass is 208 g/mol. The second kappa shape index (κ2) is 4.66. The lowest BCUT2D eigenvalue weighted by molar-refractivity contribution is 0.426. The van der Waals surface area contributed by atoms with Crippen molar-refractivity contribution in [3.63, 3.8) is 0 Å². The van der Waals surface area contributed by atoms with Gasteiger partial charge in [0.2, 0.25) is 0 Å². The molecule has 0 aliphatic rings. The molecule has 0 spiro atoms. The van der Waals surface area contributed by atoms with Crippen LogP contribution in [0.15, 0.2) is 24.3 Å². The van der Waals surface area contributed by atoms with Crippen LogP contribution in [0.2, 0.25) is 0 Å². The first kappa shape index (κ1) is 12.0. The van der Waals surface area contributed by atoms with Crippen LogP contribution in [-0.2, 0) is 0 Å². The van der Waals surface area contributed by atoms with Crippen LogP contribution in [0.4, 0.5) is 5.69 Å². The first-order chi connectivity index (χ1) is 6.94. The van der Waals surface area contributed by atoms with Crippen molar-refractivity contribution in [3.8, 4) is 0 Å². The Morgan fingerprint density at radius 3 is 2.20 bits per heavy atom. The minimum absolute atomic E-state index is 0.167. The van der Waals surface area contributed by atoms with Gasteiger partial charge in [0, 0.05) is 17.8 Å². The van der Waals surface area contributed by atoms with Gasteiger partial charge in [-0.3, -0.25) is 0 Å². The number of hydrogen-bond acceptors (Lipinski definition) is 4. The van der Waals surface area contributed by atoms with E-state index in [9.17, 15) is 0 Å². The molecule has 0 atom stereocenters. The molecule has 0 fully saturated rings. The molecule has 15 heavy (non-hydrogen) atoms. The standard InChI is InChI=1S/C10H17BN2O2/c1-10(2,7-12)13-9-5-3-8(4-6-9)11(14)15/h3-6,13-15H,7,12H2,1-2H3. The molecular formula is C10H17BN2O2. The van der Waals surface area contributed by atoms with E-state index in [1.165, 1.54) is 0 Å². The SMILES string of the molecule is CC(C)(CN)Nc1ccc(B(O)O)cc1.